The molecule has 0 bridgehead atoms. The molecule has 2 nitrogen and oxygen atoms in total. The summed E-state index contributed by atoms with van der Waals surface area (Å²) in [6.45, 7) is 2.87. The van der Waals surface area contributed by atoms with Crippen molar-refractivity contribution in [3.63, 3.8) is 0 Å². The van der Waals surface area contributed by atoms with Crippen molar-refractivity contribution in [1.29, 1.82) is 0 Å². The molecule has 0 N–H and O–H groups in total. The smallest absolute Gasteiger partial charge is 0.299 e. The van der Waals surface area contributed by atoms with E-state index in [1.165, 1.54) is 12.1 Å². The number of ketones is 1. The summed E-state index contributed by atoms with van der Waals surface area (Å²) in [7, 11) is 0. The van der Waals surface area contributed by atoms with Gasteiger partial charge in [0.05, 0.1) is 5.56 Å². The number of halogens is 4. The van der Waals surface area contributed by atoms with E-state index >= 15 is 0 Å². The molecule has 1 fully saturated rings. The van der Waals surface area contributed by atoms with Gasteiger partial charge in [0.25, 0.3) is 0 Å². The Bertz CT molecular complexity index is 541. The number of hydrogen-bond donors (Lipinski definition) is 0. The Balaban J connectivity index is 2.17. The second-order valence-electron chi connectivity index (χ2n) is 5.67. The van der Waals surface area contributed by atoms with Crippen molar-refractivity contribution in [2.24, 2.45) is 5.92 Å². The van der Waals surface area contributed by atoms with E-state index in [1.807, 2.05) is 4.90 Å². The molecule has 122 valence electrons. The van der Waals surface area contributed by atoms with Crippen molar-refractivity contribution in [1.82, 2.24) is 4.90 Å². The minimum Gasteiger partial charge on any atom is -0.299 e. The maximum absolute atomic E-state index is 13.6. The van der Waals surface area contributed by atoms with Crippen LogP contribution in [0.15, 0.2) is 18.2 Å². The maximum atomic E-state index is 13.6. The predicted octanol–water partition coefficient (Wildman–Crippen LogP) is 4.04. The molecule has 1 aromatic rings. The van der Waals surface area contributed by atoms with Crippen LogP contribution in [0.2, 0.25) is 0 Å². The van der Waals surface area contributed by atoms with E-state index in [4.69, 9.17) is 0 Å². The summed E-state index contributed by atoms with van der Waals surface area (Å²) in [4.78, 5) is 13.6. The summed E-state index contributed by atoms with van der Waals surface area (Å²) in [6, 6.07) is 3.42. The molecule has 0 spiro atoms. The van der Waals surface area contributed by atoms with Crippen molar-refractivity contribution in [3.05, 3.63) is 35.1 Å². The Morgan fingerprint density at radius 3 is 2.73 bits per heavy atom. The van der Waals surface area contributed by atoms with Gasteiger partial charge < -0.3 is 0 Å². The van der Waals surface area contributed by atoms with E-state index in [2.05, 4.69) is 0 Å². The van der Waals surface area contributed by atoms with Gasteiger partial charge in [0.15, 0.2) is 0 Å². The number of likely N-dealkylation sites (tertiary alicyclic amines) is 1. The summed E-state index contributed by atoms with van der Waals surface area (Å²) < 4.78 is 52.6. The first-order valence-electron chi connectivity index (χ1n) is 7.42. The fraction of sp³-hybridized carbons (Fsp3) is 0.562. The lowest BCUT2D eigenvalue weighted by molar-refractivity contribution is -0.141. The first kappa shape index (κ1) is 16.9. The summed E-state index contributed by atoms with van der Waals surface area (Å²) in [5, 5.41) is 0. The first-order chi connectivity index (χ1) is 10.3. The highest BCUT2D eigenvalue weighted by molar-refractivity contribution is 5.80. The molecule has 1 heterocycles. The van der Waals surface area contributed by atoms with Crippen LogP contribution in [0, 0.1) is 11.7 Å². The van der Waals surface area contributed by atoms with Crippen molar-refractivity contribution in [3.8, 4) is 0 Å². The van der Waals surface area contributed by atoms with Crippen LogP contribution in [-0.4, -0.2) is 23.8 Å². The Kier molecular flexibility index (Phi) is 5.21. The van der Waals surface area contributed by atoms with E-state index in [-0.39, 0.29) is 23.8 Å². The summed E-state index contributed by atoms with van der Waals surface area (Å²) >= 11 is 0. The van der Waals surface area contributed by atoms with Gasteiger partial charge in [-0.2, -0.15) is 13.2 Å². The fourth-order valence-electron chi connectivity index (χ4n) is 3.01. The Morgan fingerprint density at radius 2 is 2.09 bits per heavy atom. The molecule has 1 saturated heterocycles. The molecule has 6 heteroatoms. The molecule has 1 aromatic carbocycles. The number of hydrogen-bond acceptors (Lipinski definition) is 2. The van der Waals surface area contributed by atoms with Crippen molar-refractivity contribution < 1.29 is 22.4 Å². The van der Waals surface area contributed by atoms with Gasteiger partial charge in [0, 0.05) is 25.4 Å². The van der Waals surface area contributed by atoms with Crippen molar-refractivity contribution in [2.75, 3.05) is 13.1 Å². The zero-order chi connectivity index (χ0) is 16.3. The largest absolute Gasteiger partial charge is 0.419 e. The van der Waals surface area contributed by atoms with Gasteiger partial charge in [-0.1, -0.05) is 19.1 Å². The fourth-order valence-corrected chi connectivity index (χ4v) is 3.01. The second kappa shape index (κ2) is 6.77. The van der Waals surface area contributed by atoms with E-state index in [0.717, 1.165) is 18.9 Å². The van der Waals surface area contributed by atoms with Crippen LogP contribution in [0.4, 0.5) is 17.6 Å². The molecule has 0 radical (unpaired) electrons. The number of Topliss-reactive ketones (excluding diaryl/α,β-unsaturated/α-hetero) is 1. The lowest BCUT2D eigenvalue weighted by atomic mass is 9.92. The number of benzene rings is 1. The number of nitrogens with zero attached hydrogens (tertiary/aromatic N) is 1. The Labute approximate surface area is 127 Å². The van der Waals surface area contributed by atoms with Gasteiger partial charge >= 0.3 is 6.18 Å². The SMILES string of the molecule is CCC(=O)C1CCCN(Cc2cccc(F)c2C(F)(F)F)C1. The molecule has 0 amide bonds. The number of piperidine rings is 1. The number of rotatable bonds is 4. The maximum Gasteiger partial charge on any atom is 0.419 e. The minimum atomic E-state index is -4.71. The van der Waals surface area contributed by atoms with Crippen LogP contribution in [0.1, 0.15) is 37.3 Å². The first-order valence-corrected chi connectivity index (χ1v) is 7.42. The van der Waals surface area contributed by atoms with Crippen LogP contribution in [0.3, 0.4) is 0 Å². The molecular formula is C16H19F4NO. The van der Waals surface area contributed by atoms with Gasteiger partial charge in [-0.25, -0.2) is 4.39 Å². The third-order valence-electron chi connectivity index (χ3n) is 4.09. The monoisotopic (exact) mass is 317 g/mol. The molecular weight excluding hydrogens is 298 g/mol. The quantitative estimate of drug-likeness (QED) is 0.781. The van der Waals surface area contributed by atoms with Crippen LogP contribution in [-0.2, 0) is 17.5 Å². The zero-order valence-electron chi connectivity index (χ0n) is 12.4. The highest BCUT2D eigenvalue weighted by atomic mass is 19.4. The van der Waals surface area contributed by atoms with E-state index in [1.54, 1.807) is 6.92 Å². The highest BCUT2D eigenvalue weighted by Gasteiger charge is 2.37. The topological polar surface area (TPSA) is 20.3 Å². The summed E-state index contributed by atoms with van der Waals surface area (Å²) in [5.74, 6) is -1.23. The molecule has 2 rings (SSSR count). The van der Waals surface area contributed by atoms with E-state index < -0.39 is 17.6 Å². The molecule has 0 aromatic heterocycles. The third-order valence-corrected chi connectivity index (χ3v) is 4.09. The van der Waals surface area contributed by atoms with Gasteiger partial charge in [0.1, 0.15) is 11.6 Å². The van der Waals surface area contributed by atoms with Gasteiger partial charge in [-0.3, -0.25) is 9.69 Å². The number of carbonyl (C=O) groups is 1. The molecule has 0 aliphatic carbocycles. The average Bonchev–Trinajstić information content (AvgIpc) is 2.45. The van der Waals surface area contributed by atoms with Gasteiger partial charge in [-0.15, -0.1) is 0 Å². The standard InChI is InChI=1S/C16H19F4NO/c1-2-14(22)11-6-4-8-21(9-11)10-12-5-3-7-13(17)15(12)16(18,19)20/h3,5,7,11H,2,4,6,8-10H2,1H3. The van der Waals surface area contributed by atoms with E-state index in [0.29, 0.717) is 19.5 Å². The Morgan fingerprint density at radius 1 is 1.36 bits per heavy atom. The average molecular weight is 317 g/mol. The molecule has 1 aliphatic rings. The molecule has 1 unspecified atom stereocenters. The zero-order valence-corrected chi connectivity index (χ0v) is 12.4. The van der Waals surface area contributed by atoms with Crippen molar-refractivity contribution >= 4 is 5.78 Å². The minimum absolute atomic E-state index is 0.0140. The number of carbonyl (C=O) groups excluding carboxylic acids is 1. The van der Waals surface area contributed by atoms with Gasteiger partial charge in [-0.05, 0) is 31.0 Å². The van der Waals surface area contributed by atoms with Crippen LogP contribution < -0.4 is 0 Å². The van der Waals surface area contributed by atoms with Crippen LogP contribution in [0.5, 0.6) is 0 Å². The number of alkyl halides is 3. The summed E-state index contributed by atoms with van der Waals surface area (Å²) in [5.41, 5.74) is -1.27. The van der Waals surface area contributed by atoms with Crippen LogP contribution >= 0.6 is 0 Å². The molecule has 1 atom stereocenters. The van der Waals surface area contributed by atoms with E-state index in [9.17, 15) is 22.4 Å². The highest BCUT2D eigenvalue weighted by Crippen LogP contribution is 2.35. The third kappa shape index (κ3) is 3.85. The lowest BCUT2D eigenvalue weighted by Crippen LogP contribution is -2.38. The van der Waals surface area contributed by atoms with Crippen molar-refractivity contribution in [2.45, 2.75) is 38.9 Å². The summed E-state index contributed by atoms with van der Waals surface area (Å²) in [6.07, 6.45) is -2.73. The lowest BCUT2D eigenvalue weighted by Gasteiger charge is -2.32. The second-order valence-corrected chi connectivity index (χ2v) is 5.67. The predicted molar refractivity (Wildman–Crippen MR) is 74.7 cm³/mol. The normalized spacial score (nSPS) is 20.1. The molecule has 22 heavy (non-hydrogen) atoms. The molecule has 0 saturated carbocycles. The van der Waals surface area contributed by atoms with Gasteiger partial charge in [0.2, 0.25) is 0 Å². The van der Waals surface area contributed by atoms with Crippen LogP contribution in [0.25, 0.3) is 0 Å². The Hall–Kier alpha value is -1.43. The molecule has 1 aliphatic heterocycles.